The number of aryl methyl sites for hydroxylation is 2. The van der Waals surface area contributed by atoms with Gasteiger partial charge in [0.2, 0.25) is 0 Å². The fraction of sp³-hybridized carbons (Fsp3) is 0.538. The SMILES string of the molecule is Cc1noc(C)c1C#CCNC(=O)OC(C)(C)C. The lowest BCUT2D eigenvalue weighted by Gasteiger charge is -2.18. The van der Waals surface area contributed by atoms with Gasteiger partial charge in [0.05, 0.1) is 17.8 Å². The minimum Gasteiger partial charge on any atom is -0.444 e. The number of ether oxygens (including phenoxy) is 1. The molecule has 18 heavy (non-hydrogen) atoms. The topological polar surface area (TPSA) is 64.4 Å². The molecule has 0 spiro atoms. The molecule has 0 saturated carbocycles. The monoisotopic (exact) mass is 250 g/mol. The third-order valence-electron chi connectivity index (χ3n) is 1.97. The van der Waals surface area contributed by atoms with Crippen LogP contribution in [-0.2, 0) is 4.74 Å². The molecule has 1 N–H and O–H groups in total. The molecule has 1 heterocycles. The summed E-state index contributed by atoms with van der Waals surface area (Å²) in [5.41, 5.74) is 1.01. The Labute approximate surface area is 107 Å². The van der Waals surface area contributed by atoms with E-state index in [0.29, 0.717) is 5.76 Å². The molecule has 0 atom stereocenters. The summed E-state index contributed by atoms with van der Waals surface area (Å²) in [7, 11) is 0. The Hall–Kier alpha value is -1.96. The molecule has 0 unspecified atom stereocenters. The zero-order chi connectivity index (χ0) is 13.8. The zero-order valence-electron chi connectivity index (χ0n) is 11.4. The summed E-state index contributed by atoms with van der Waals surface area (Å²) >= 11 is 0. The molecule has 1 amide bonds. The second kappa shape index (κ2) is 5.58. The van der Waals surface area contributed by atoms with Crippen LogP contribution in [0.1, 0.15) is 37.8 Å². The summed E-state index contributed by atoms with van der Waals surface area (Å²) in [6.07, 6.45) is -0.476. The van der Waals surface area contributed by atoms with Crippen LogP contribution in [0.3, 0.4) is 0 Å². The Morgan fingerprint density at radius 1 is 1.44 bits per heavy atom. The number of alkyl carbamates (subject to hydrolysis) is 1. The summed E-state index contributed by atoms with van der Waals surface area (Å²) in [5.74, 6) is 6.41. The van der Waals surface area contributed by atoms with Crippen LogP contribution in [0.4, 0.5) is 4.79 Å². The Bertz CT molecular complexity index is 467. The average molecular weight is 250 g/mol. The third-order valence-corrected chi connectivity index (χ3v) is 1.97. The highest BCUT2D eigenvalue weighted by molar-refractivity contribution is 5.68. The van der Waals surface area contributed by atoms with Crippen LogP contribution in [0, 0.1) is 25.7 Å². The van der Waals surface area contributed by atoms with E-state index in [9.17, 15) is 4.79 Å². The average Bonchev–Trinajstić information content (AvgIpc) is 2.52. The van der Waals surface area contributed by atoms with E-state index in [4.69, 9.17) is 9.26 Å². The number of rotatable bonds is 1. The number of carbonyl (C=O) groups is 1. The van der Waals surface area contributed by atoms with Crippen LogP contribution in [0.15, 0.2) is 4.52 Å². The lowest BCUT2D eigenvalue weighted by atomic mass is 10.2. The maximum atomic E-state index is 11.3. The molecular weight excluding hydrogens is 232 g/mol. The van der Waals surface area contributed by atoms with Crippen LogP contribution < -0.4 is 5.32 Å². The molecule has 1 aromatic rings. The van der Waals surface area contributed by atoms with Crippen LogP contribution >= 0.6 is 0 Å². The van der Waals surface area contributed by atoms with Gasteiger partial charge in [-0.25, -0.2) is 4.79 Å². The highest BCUT2D eigenvalue weighted by atomic mass is 16.6. The maximum Gasteiger partial charge on any atom is 0.408 e. The molecule has 0 fully saturated rings. The van der Waals surface area contributed by atoms with E-state index in [-0.39, 0.29) is 6.54 Å². The summed E-state index contributed by atoms with van der Waals surface area (Å²) in [6, 6.07) is 0. The lowest BCUT2D eigenvalue weighted by molar-refractivity contribution is 0.0535. The van der Waals surface area contributed by atoms with Crippen molar-refractivity contribution >= 4 is 6.09 Å². The molecule has 0 radical (unpaired) electrons. The number of aromatic nitrogens is 1. The first-order valence-electron chi connectivity index (χ1n) is 5.68. The van der Waals surface area contributed by atoms with Gasteiger partial charge in [-0.15, -0.1) is 0 Å². The van der Waals surface area contributed by atoms with Crippen LogP contribution in [0.25, 0.3) is 0 Å². The van der Waals surface area contributed by atoms with Crippen molar-refractivity contribution in [1.29, 1.82) is 0 Å². The minimum atomic E-state index is -0.501. The van der Waals surface area contributed by atoms with Gasteiger partial charge in [0.25, 0.3) is 0 Å². The fourth-order valence-electron chi connectivity index (χ4n) is 1.22. The summed E-state index contributed by atoms with van der Waals surface area (Å²) in [6.45, 7) is 9.26. The van der Waals surface area contributed by atoms with Crippen molar-refractivity contribution in [2.45, 2.75) is 40.2 Å². The minimum absolute atomic E-state index is 0.221. The zero-order valence-corrected chi connectivity index (χ0v) is 11.4. The van der Waals surface area contributed by atoms with Crippen molar-refractivity contribution < 1.29 is 14.1 Å². The summed E-state index contributed by atoms with van der Waals surface area (Å²) < 4.78 is 10.0. The van der Waals surface area contributed by atoms with E-state index in [2.05, 4.69) is 22.3 Å². The van der Waals surface area contributed by atoms with Crippen LogP contribution in [0.2, 0.25) is 0 Å². The predicted octanol–water partition coefficient (Wildman–Crippen LogP) is 2.17. The molecule has 0 bridgehead atoms. The third kappa shape index (κ3) is 4.50. The molecule has 0 aliphatic rings. The number of nitrogens with zero attached hydrogens (tertiary/aromatic N) is 1. The first-order valence-corrected chi connectivity index (χ1v) is 5.68. The van der Waals surface area contributed by atoms with Crippen molar-refractivity contribution in [3.05, 3.63) is 17.0 Å². The van der Waals surface area contributed by atoms with Crippen LogP contribution in [-0.4, -0.2) is 23.4 Å². The maximum absolute atomic E-state index is 11.3. The van der Waals surface area contributed by atoms with Gasteiger partial charge in [-0.1, -0.05) is 17.0 Å². The number of hydrogen-bond donors (Lipinski definition) is 1. The molecule has 0 aliphatic heterocycles. The van der Waals surface area contributed by atoms with Crippen LogP contribution in [0.5, 0.6) is 0 Å². The summed E-state index contributed by atoms with van der Waals surface area (Å²) in [4.78, 5) is 11.3. The molecule has 98 valence electrons. The molecule has 0 saturated heterocycles. The second-order valence-electron chi connectivity index (χ2n) is 4.86. The quantitative estimate of drug-likeness (QED) is 0.776. The van der Waals surface area contributed by atoms with E-state index in [0.717, 1.165) is 11.3 Å². The van der Waals surface area contributed by atoms with Gasteiger partial charge in [0.1, 0.15) is 11.4 Å². The normalized spacial score (nSPS) is 10.5. The van der Waals surface area contributed by atoms with Gasteiger partial charge >= 0.3 is 6.09 Å². The van der Waals surface area contributed by atoms with Gasteiger partial charge < -0.3 is 14.6 Å². The lowest BCUT2D eigenvalue weighted by Crippen LogP contribution is -2.32. The van der Waals surface area contributed by atoms with Crippen molar-refractivity contribution in [1.82, 2.24) is 10.5 Å². The Morgan fingerprint density at radius 3 is 2.61 bits per heavy atom. The predicted molar refractivity (Wildman–Crippen MR) is 67.1 cm³/mol. The van der Waals surface area contributed by atoms with Crippen molar-refractivity contribution in [2.24, 2.45) is 0 Å². The van der Waals surface area contributed by atoms with Gasteiger partial charge in [-0.2, -0.15) is 0 Å². The highest BCUT2D eigenvalue weighted by Gasteiger charge is 2.15. The molecule has 5 heteroatoms. The molecule has 5 nitrogen and oxygen atoms in total. The first kappa shape index (κ1) is 14.1. The van der Waals surface area contributed by atoms with Gasteiger partial charge in [-0.05, 0) is 34.6 Å². The smallest absolute Gasteiger partial charge is 0.408 e. The Kier molecular flexibility index (Phi) is 4.38. The van der Waals surface area contributed by atoms with Crippen molar-refractivity contribution in [3.8, 4) is 11.8 Å². The molecule has 1 aromatic heterocycles. The van der Waals surface area contributed by atoms with E-state index in [1.54, 1.807) is 6.92 Å². The largest absolute Gasteiger partial charge is 0.444 e. The Morgan fingerprint density at radius 2 is 2.11 bits per heavy atom. The molecular formula is C13H18N2O3. The number of amides is 1. The van der Waals surface area contributed by atoms with E-state index in [1.165, 1.54) is 0 Å². The van der Waals surface area contributed by atoms with E-state index in [1.807, 2.05) is 27.7 Å². The highest BCUT2D eigenvalue weighted by Crippen LogP contribution is 2.09. The number of carbonyl (C=O) groups excluding carboxylic acids is 1. The van der Waals surface area contributed by atoms with Gasteiger partial charge in [0, 0.05) is 0 Å². The van der Waals surface area contributed by atoms with Crippen molar-refractivity contribution in [3.63, 3.8) is 0 Å². The first-order chi connectivity index (χ1) is 8.29. The summed E-state index contributed by atoms with van der Waals surface area (Å²) in [5, 5.41) is 6.34. The molecule has 1 rings (SSSR count). The van der Waals surface area contributed by atoms with Gasteiger partial charge in [0.15, 0.2) is 0 Å². The Balaban J connectivity index is 2.46. The van der Waals surface area contributed by atoms with Crippen molar-refractivity contribution in [2.75, 3.05) is 6.54 Å². The molecule has 0 aliphatic carbocycles. The van der Waals surface area contributed by atoms with E-state index < -0.39 is 11.7 Å². The fourth-order valence-corrected chi connectivity index (χ4v) is 1.22. The van der Waals surface area contributed by atoms with Gasteiger partial charge in [-0.3, -0.25) is 0 Å². The number of nitrogens with one attached hydrogen (secondary N) is 1. The molecule has 0 aromatic carbocycles. The standard InChI is InChI=1S/C13H18N2O3/c1-9-11(10(2)18-15-9)7-6-8-14-12(16)17-13(3,4)5/h8H2,1-5H3,(H,14,16). The second-order valence-corrected chi connectivity index (χ2v) is 4.86. The number of hydrogen-bond acceptors (Lipinski definition) is 4. The van der Waals surface area contributed by atoms with E-state index >= 15 is 0 Å².